The molecule has 5 nitrogen and oxygen atoms in total. The standard InChI is InChI=1S/C17H17N3O2S2/c1-10-14(8-15(18)21)24-17(19-10)23-9-13-11(2)22-16(20-13)12-6-4-3-5-7-12/h3-7H,8-9H2,1-2H3,(H2,18,21). The van der Waals surface area contributed by atoms with E-state index >= 15 is 0 Å². The van der Waals surface area contributed by atoms with Gasteiger partial charge in [0.2, 0.25) is 11.8 Å². The van der Waals surface area contributed by atoms with Crippen LogP contribution in [0, 0.1) is 13.8 Å². The van der Waals surface area contributed by atoms with Crippen LogP contribution in [-0.2, 0) is 17.0 Å². The van der Waals surface area contributed by atoms with E-state index in [9.17, 15) is 4.79 Å². The molecule has 0 unspecified atom stereocenters. The van der Waals surface area contributed by atoms with E-state index in [-0.39, 0.29) is 12.3 Å². The molecule has 0 atom stereocenters. The molecule has 0 saturated carbocycles. The zero-order chi connectivity index (χ0) is 17.1. The van der Waals surface area contributed by atoms with Crippen LogP contribution in [0.4, 0.5) is 0 Å². The SMILES string of the molecule is Cc1nc(SCc2nc(-c3ccccc3)oc2C)sc1CC(N)=O. The summed E-state index contributed by atoms with van der Waals surface area (Å²) in [5, 5.41) is 0. The Bertz CT molecular complexity index is 856. The molecule has 0 saturated heterocycles. The summed E-state index contributed by atoms with van der Waals surface area (Å²) in [6, 6.07) is 9.83. The fraction of sp³-hybridized carbons (Fsp3) is 0.235. The average molecular weight is 359 g/mol. The van der Waals surface area contributed by atoms with Crippen molar-refractivity contribution in [2.75, 3.05) is 0 Å². The normalized spacial score (nSPS) is 10.9. The zero-order valence-electron chi connectivity index (χ0n) is 13.4. The predicted octanol–water partition coefficient (Wildman–Crippen LogP) is 3.74. The van der Waals surface area contributed by atoms with Crippen molar-refractivity contribution in [1.82, 2.24) is 9.97 Å². The molecule has 24 heavy (non-hydrogen) atoms. The van der Waals surface area contributed by atoms with Crippen molar-refractivity contribution in [3.8, 4) is 11.5 Å². The minimum atomic E-state index is -0.335. The zero-order valence-corrected chi connectivity index (χ0v) is 15.0. The maximum Gasteiger partial charge on any atom is 0.226 e. The van der Waals surface area contributed by atoms with E-state index in [1.54, 1.807) is 11.8 Å². The van der Waals surface area contributed by atoms with Gasteiger partial charge in [-0.2, -0.15) is 0 Å². The lowest BCUT2D eigenvalue weighted by Gasteiger charge is -1.94. The number of carbonyl (C=O) groups excluding carboxylic acids is 1. The van der Waals surface area contributed by atoms with Gasteiger partial charge in [-0.3, -0.25) is 4.79 Å². The number of nitrogens with zero attached hydrogens (tertiary/aromatic N) is 2. The Morgan fingerprint density at radius 2 is 2.00 bits per heavy atom. The second-order valence-corrected chi connectivity index (χ2v) is 7.61. The highest BCUT2D eigenvalue weighted by Crippen LogP contribution is 2.31. The van der Waals surface area contributed by atoms with Gasteiger partial charge in [0.15, 0.2) is 4.34 Å². The Balaban J connectivity index is 1.71. The Labute approximate surface area is 148 Å². The van der Waals surface area contributed by atoms with Crippen molar-refractivity contribution in [3.05, 3.63) is 52.4 Å². The molecule has 3 rings (SSSR count). The van der Waals surface area contributed by atoms with Crippen LogP contribution in [0.5, 0.6) is 0 Å². The van der Waals surface area contributed by atoms with Gasteiger partial charge in [0.05, 0.1) is 17.8 Å². The molecule has 0 spiro atoms. The third-order valence-electron chi connectivity index (χ3n) is 3.45. The molecule has 2 aromatic heterocycles. The second kappa shape index (κ2) is 7.19. The monoisotopic (exact) mass is 359 g/mol. The van der Waals surface area contributed by atoms with Crippen LogP contribution in [0.2, 0.25) is 0 Å². The highest BCUT2D eigenvalue weighted by molar-refractivity contribution is 8.00. The molecule has 0 aliphatic heterocycles. The third kappa shape index (κ3) is 3.85. The quantitative estimate of drug-likeness (QED) is 0.678. The number of thioether (sulfide) groups is 1. The van der Waals surface area contributed by atoms with Crippen molar-refractivity contribution in [3.63, 3.8) is 0 Å². The van der Waals surface area contributed by atoms with Crippen LogP contribution in [0.15, 0.2) is 39.1 Å². The second-order valence-electron chi connectivity index (χ2n) is 5.31. The summed E-state index contributed by atoms with van der Waals surface area (Å²) in [4.78, 5) is 21.1. The number of rotatable bonds is 6. The van der Waals surface area contributed by atoms with E-state index in [0.29, 0.717) is 11.6 Å². The Morgan fingerprint density at radius 3 is 2.71 bits per heavy atom. The first kappa shape index (κ1) is 16.7. The average Bonchev–Trinajstić information content (AvgIpc) is 3.09. The van der Waals surface area contributed by atoms with Crippen molar-refractivity contribution < 1.29 is 9.21 Å². The molecule has 7 heteroatoms. The van der Waals surface area contributed by atoms with Crippen LogP contribution in [0.1, 0.15) is 22.0 Å². The number of aromatic nitrogens is 2. The molecule has 0 bridgehead atoms. The van der Waals surface area contributed by atoms with E-state index in [0.717, 1.165) is 31.9 Å². The molecule has 2 heterocycles. The van der Waals surface area contributed by atoms with E-state index in [2.05, 4.69) is 9.97 Å². The number of oxazole rings is 1. The molecule has 0 fully saturated rings. The number of nitrogens with two attached hydrogens (primary N) is 1. The van der Waals surface area contributed by atoms with Crippen molar-refractivity contribution >= 4 is 29.0 Å². The molecule has 0 radical (unpaired) electrons. The van der Waals surface area contributed by atoms with Crippen molar-refractivity contribution in [1.29, 1.82) is 0 Å². The first-order chi connectivity index (χ1) is 11.5. The minimum Gasteiger partial charge on any atom is -0.441 e. The summed E-state index contributed by atoms with van der Waals surface area (Å²) in [5.74, 6) is 1.78. The van der Waals surface area contributed by atoms with E-state index in [4.69, 9.17) is 10.2 Å². The summed E-state index contributed by atoms with van der Waals surface area (Å²) in [6.07, 6.45) is 0.241. The number of thiazole rings is 1. The van der Waals surface area contributed by atoms with Crippen LogP contribution in [0.25, 0.3) is 11.5 Å². The van der Waals surface area contributed by atoms with Gasteiger partial charge in [0, 0.05) is 16.2 Å². The molecule has 0 aliphatic rings. The number of aryl methyl sites for hydroxylation is 2. The number of primary amides is 1. The largest absolute Gasteiger partial charge is 0.441 e. The van der Waals surface area contributed by atoms with E-state index in [1.165, 1.54) is 11.3 Å². The van der Waals surface area contributed by atoms with Crippen LogP contribution in [-0.4, -0.2) is 15.9 Å². The minimum absolute atomic E-state index is 0.241. The number of hydrogen-bond donors (Lipinski definition) is 1. The predicted molar refractivity (Wildman–Crippen MR) is 96.0 cm³/mol. The molecule has 3 aromatic rings. The first-order valence-electron chi connectivity index (χ1n) is 7.42. The fourth-order valence-electron chi connectivity index (χ4n) is 2.18. The summed E-state index contributed by atoms with van der Waals surface area (Å²) < 4.78 is 6.68. The Kier molecular flexibility index (Phi) is 5.01. The Hall–Kier alpha value is -2.12. The topological polar surface area (TPSA) is 82.0 Å². The van der Waals surface area contributed by atoms with Gasteiger partial charge < -0.3 is 10.2 Å². The highest BCUT2D eigenvalue weighted by atomic mass is 32.2. The lowest BCUT2D eigenvalue weighted by Crippen LogP contribution is -2.13. The van der Waals surface area contributed by atoms with Gasteiger partial charge in [-0.05, 0) is 26.0 Å². The number of amides is 1. The van der Waals surface area contributed by atoms with E-state index < -0.39 is 0 Å². The summed E-state index contributed by atoms with van der Waals surface area (Å²) >= 11 is 3.10. The smallest absolute Gasteiger partial charge is 0.226 e. The summed E-state index contributed by atoms with van der Waals surface area (Å²) in [6.45, 7) is 3.81. The first-order valence-corrected chi connectivity index (χ1v) is 9.22. The van der Waals surface area contributed by atoms with Gasteiger partial charge in [-0.25, -0.2) is 9.97 Å². The van der Waals surface area contributed by atoms with Crippen molar-refractivity contribution in [2.45, 2.75) is 30.4 Å². The van der Waals surface area contributed by atoms with Gasteiger partial charge in [0.25, 0.3) is 0 Å². The molecular formula is C17H17N3O2S2. The summed E-state index contributed by atoms with van der Waals surface area (Å²) in [5.41, 5.74) is 7.99. The molecule has 124 valence electrons. The maximum atomic E-state index is 11.1. The lowest BCUT2D eigenvalue weighted by molar-refractivity contribution is -0.117. The summed E-state index contributed by atoms with van der Waals surface area (Å²) in [7, 11) is 0. The molecule has 0 aliphatic carbocycles. The number of hydrogen-bond acceptors (Lipinski definition) is 6. The Morgan fingerprint density at radius 1 is 1.25 bits per heavy atom. The third-order valence-corrected chi connectivity index (χ3v) is 5.77. The van der Waals surface area contributed by atoms with Gasteiger partial charge in [-0.15, -0.1) is 11.3 Å². The van der Waals surface area contributed by atoms with Gasteiger partial charge in [0.1, 0.15) is 5.76 Å². The van der Waals surface area contributed by atoms with Crippen LogP contribution in [0.3, 0.4) is 0 Å². The van der Waals surface area contributed by atoms with E-state index in [1.807, 2.05) is 44.2 Å². The highest BCUT2D eigenvalue weighted by Gasteiger charge is 2.14. The fourth-order valence-corrected chi connectivity index (χ4v) is 4.43. The van der Waals surface area contributed by atoms with Gasteiger partial charge in [-0.1, -0.05) is 30.0 Å². The molecule has 1 aromatic carbocycles. The van der Waals surface area contributed by atoms with Crippen LogP contribution < -0.4 is 5.73 Å². The molecular weight excluding hydrogens is 342 g/mol. The van der Waals surface area contributed by atoms with Gasteiger partial charge >= 0.3 is 0 Å². The van der Waals surface area contributed by atoms with Crippen LogP contribution >= 0.6 is 23.1 Å². The molecule has 1 amide bonds. The number of carbonyl (C=O) groups is 1. The lowest BCUT2D eigenvalue weighted by atomic mass is 10.2. The number of benzene rings is 1. The van der Waals surface area contributed by atoms with Crippen molar-refractivity contribution in [2.24, 2.45) is 5.73 Å². The molecule has 2 N–H and O–H groups in total. The maximum absolute atomic E-state index is 11.1.